The predicted octanol–water partition coefficient (Wildman–Crippen LogP) is -0.112. The van der Waals surface area contributed by atoms with E-state index in [4.69, 9.17) is 19.9 Å². The third kappa shape index (κ3) is 8.43. The van der Waals surface area contributed by atoms with Crippen LogP contribution < -0.4 is 11.1 Å². The summed E-state index contributed by atoms with van der Waals surface area (Å²) in [6.45, 7) is 7.74. The van der Waals surface area contributed by atoms with E-state index in [-0.39, 0.29) is 26.4 Å². The molecule has 0 atom stereocenters. The zero-order valence-electron chi connectivity index (χ0n) is 11.9. The molecule has 0 aromatic heterocycles. The first kappa shape index (κ1) is 18.7. The fraction of sp³-hybridized carbons (Fsp3) is 0.462. The van der Waals surface area contributed by atoms with Gasteiger partial charge in [-0.3, -0.25) is 0 Å². The molecule has 118 valence electrons. The van der Waals surface area contributed by atoms with E-state index in [1.807, 2.05) is 0 Å². The highest BCUT2D eigenvalue weighted by Crippen LogP contribution is 2.07. The molecule has 1 amide bonds. The lowest BCUT2D eigenvalue weighted by molar-refractivity contribution is -0.144. The molecule has 0 aliphatic heterocycles. The molecule has 8 nitrogen and oxygen atoms in total. The third-order valence-corrected chi connectivity index (χ3v) is 2.15. The monoisotopic (exact) mass is 300 g/mol. The Hall–Kier alpha value is -2.35. The number of rotatable bonds is 9. The number of carbonyl (C=O) groups excluding carboxylic acids is 3. The second-order valence-electron chi connectivity index (χ2n) is 4.23. The van der Waals surface area contributed by atoms with Crippen LogP contribution >= 0.6 is 0 Å². The first-order chi connectivity index (χ1) is 9.86. The molecule has 0 bridgehead atoms. The highest BCUT2D eigenvalue weighted by molar-refractivity contribution is 5.81. The Bertz CT molecular complexity index is 383. The Balaban J connectivity index is 4.67. The Kier molecular flexibility index (Phi) is 8.47. The van der Waals surface area contributed by atoms with E-state index in [2.05, 4.69) is 18.5 Å². The van der Waals surface area contributed by atoms with Crippen LogP contribution in [-0.2, 0) is 23.8 Å². The molecular formula is C13H20N2O6. The zero-order chi connectivity index (χ0) is 16.3. The molecule has 0 unspecified atom stereocenters. The van der Waals surface area contributed by atoms with Crippen LogP contribution in [0.15, 0.2) is 25.3 Å². The molecule has 0 aliphatic carbocycles. The molecule has 0 aromatic carbocycles. The van der Waals surface area contributed by atoms with Gasteiger partial charge in [-0.05, 0) is 6.92 Å². The first-order valence-electron chi connectivity index (χ1n) is 6.10. The zero-order valence-corrected chi connectivity index (χ0v) is 11.9. The Morgan fingerprint density at radius 1 is 1.10 bits per heavy atom. The normalized spacial score (nSPS) is 10.2. The summed E-state index contributed by atoms with van der Waals surface area (Å²) >= 11 is 0. The van der Waals surface area contributed by atoms with Gasteiger partial charge in [-0.15, -0.1) is 0 Å². The number of nitrogens with one attached hydrogen (secondary N) is 1. The molecule has 0 fully saturated rings. The van der Waals surface area contributed by atoms with Crippen molar-refractivity contribution in [1.29, 1.82) is 0 Å². The van der Waals surface area contributed by atoms with Gasteiger partial charge in [0.2, 0.25) is 0 Å². The quantitative estimate of drug-likeness (QED) is 0.346. The smallest absolute Gasteiger partial charge is 0.407 e. The van der Waals surface area contributed by atoms with E-state index in [0.29, 0.717) is 0 Å². The van der Waals surface area contributed by atoms with Crippen LogP contribution in [0.4, 0.5) is 4.79 Å². The van der Waals surface area contributed by atoms with E-state index in [1.54, 1.807) is 0 Å². The second-order valence-corrected chi connectivity index (χ2v) is 4.23. The largest absolute Gasteiger partial charge is 0.460 e. The van der Waals surface area contributed by atoms with E-state index in [1.165, 1.54) is 6.92 Å². The van der Waals surface area contributed by atoms with Gasteiger partial charge in [-0.1, -0.05) is 13.2 Å². The van der Waals surface area contributed by atoms with Crippen molar-refractivity contribution in [2.75, 3.05) is 26.4 Å². The van der Waals surface area contributed by atoms with Crippen molar-refractivity contribution in [2.45, 2.75) is 12.5 Å². The molecule has 8 heteroatoms. The Morgan fingerprint density at radius 2 is 1.57 bits per heavy atom. The summed E-state index contributed by atoms with van der Waals surface area (Å²) in [4.78, 5) is 33.7. The van der Waals surface area contributed by atoms with Crippen LogP contribution in [0.5, 0.6) is 0 Å². The second kappa shape index (κ2) is 9.54. The number of hydrogen-bond donors (Lipinski definition) is 2. The topological polar surface area (TPSA) is 117 Å². The van der Waals surface area contributed by atoms with Gasteiger partial charge in [0, 0.05) is 18.7 Å². The molecule has 0 saturated carbocycles. The van der Waals surface area contributed by atoms with Gasteiger partial charge >= 0.3 is 18.0 Å². The summed E-state index contributed by atoms with van der Waals surface area (Å²) in [6.07, 6.45) is 1.18. The van der Waals surface area contributed by atoms with E-state index < -0.39 is 23.6 Å². The van der Waals surface area contributed by atoms with Gasteiger partial charge in [0.25, 0.3) is 0 Å². The molecule has 3 N–H and O–H groups in total. The molecule has 21 heavy (non-hydrogen) atoms. The minimum absolute atomic E-state index is 0.0286. The lowest BCUT2D eigenvalue weighted by Gasteiger charge is -2.28. The maximum Gasteiger partial charge on any atom is 0.407 e. The van der Waals surface area contributed by atoms with Crippen molar-refractivity contribution < 1.29 is 28.6 Å². The predicted molar refractivity (Wildman–Crippen MR) is 74.3 cm³/mol. The van der Waals surface area contributed by atoms with Gasteiger partial charge < -0.3 is 25.3 Å². The lowest BCUT2D eigenvalue weighted by atomic mass is 10.1. The number of alkyl carbamates (subject to hydrolysis) is 1. The fourth-order valence-corrected chi connectivity index (χ4v) is 1.13. The summed E-state index contributed by atoms with van der Waals surface area (Å²) in [6, 6.07) is 0. The molecule has 0 rings (SSSR count). The van der Waals surface area contributed by atoms with Crippen LogP contribution in [-0.4, -0.2) is 49.9 Å². The van der Waals surface area contributed by atoms with Gasteiger partial charge in [-0.25, -0.2) is 14.4 Å². The van der Waals surface area contributed by atoms with Crippen molar-refractivity contribution in [3.8, 4) is 0 Å². The highest BCUT2D eigenvalue weighted by atomic mass is 16.6. The molecule has 0 aromatic rings. The number of esters is 2. The maximum atomic E-state index is 11.5. The minimum atomic E-state index is -1.16. The summed E-state index contributed by atoms with van der Waals surface area (Å²) in [5.74, 6) is -1.35. The summed E-state index contributed by atoms with van der Waals surface area (Å²) in [5.41, 5.74) is 4.04. The number of amides is 1. The van der Waals surface area contributed by atoms with Crippen LogP contribution in [0.2, 0.25) is 0 Å². The molecule has 0 spiro atoms. The van der Waals surface area contributed by atoms with Crippen molar-refractivity contribution in [3.05, 3.63) is 25.3 Å². The standard InChI is InChI=1S/C13H20N2O6/c1-4-10(16)20-8-13(3,9-21-11(17)5-2)15-12(18)19-7-6-14/h4-5H,1-2,6-9,14H2,3H3,(H,15,18). The van der Waals surface area contributed by atoms with Crippen LogP contribution in [0, 0.1) is 0 Å². The van der Waals surface area contributed by atoms with E-state index >= 15 is 0 Å². The lowest BCUT2D eigenvalue weighted by Crippen LogP contribution is -2.53. The van der Waals surface area contributed by atoms with Crippen molar-refractivity contribution in [3.63, 3.8) is 0 Å². The molecule has 0 saturated heterocycles. The third-order valence-electron chi connectivity index (χ3n) is 2.15. The first-order valence-corrected chi connectivity index (χ1v) is 6.10. The van der Waals surface area contributed by atoms with Gasteiger partial charge in [0.05, 0.1) is 0 Å². The average Bonchev–Trinajstić information content (AvgIpc) is 2.48. The van der Waals surface area contributed by atoms with Gasteiger partial charge in [-0.2, -0.15) is 0 Å². The van der Waals surface area contributed by atoms with Crippen LogP contribution in [0.3, 0.4) is 0 Å². The summed E-state index contributed by atoms with van der Waals surface area (Å²) in [5, 5.41) is 2.45. The van der Waals surface area contributed by atoms with Gasteiger partial charge in [0.15, 0.2) is 0 Å². The van der Waals surface area contributed by atoms with Crippen molar-refractivity contribution in [1.82, 2.24) is 5.32 Å². The van der Waals surface area contributed by atoms with Crippen molar-refractivity contribution in [2.24, 2.45) is 5.73 Å². The SMILES string of the molecule is C=CC(=O)OCC(C)(COC(=O)C=C)NC(=O)OCCN. The van der Waals surface area contributed by atoms with E-state index in [0.717, 1.165) is 12.2 Å². The van der Waals surface area contributed by atoms with Crippen LogP contribution in [0.1, 0.15) is 6.92 Å². The minimum Gasteiger partial charge on any atom is -0.460 e. The van der Waals surface area contributed by atoms with Crippen molar-refractivity contribution >= 4 is 18.0 Å². The number of nitrogens with two attached hydrogens (primary N) is 1. The molecule has 0 radical (unpaired) electrons. The van der Waals surface area contributed by atoms with Gasteiger partial charge in [0.1, 0.15) is 25.4 Å². The summed E-state index contributed by atoms with van der Waals surface area (Å²) < 4.78 is 14.5. The number of hydrogen-bond acceptors (Lipinski definition) is 7. The number of carbonyl (C=O) groups is 3. The Labute approximate surface area is 122 Å². The van der Waals surface area contributed by atoms with Crippen LogP contribution in [0.25, 0.3) is 0 Å². The maximum absolute atomic E-state index is 11.5. The highest BCUT2D eigenvalue weighted by Gasteiger charge is 2.30. The fourth-order valence-electron chi connectivity index (χ4n) is 1.13. The molecule has 0 heterocycles. The summed E-state index contributed by atoms with van der Waals surface area (Å²) in [7, 11) is 0. The Morgan fingerprint density at radius 3 is 1.95 bits per heavy atom. The van der Waals surface area contributed by atoms with E-state index in [9.17, 15) is 14.4 Å². The average molecular weight is 300 g/mol. The molecular weight excluding hydrogens is 280 g/mol. The molecule has 0 aliphatic rings. The number of ether oxygens (including phenoxy) is 3.